The molecule has 0 spiro atoms. The highest BCUT2D eigenvalue weighted by atomic mass is 16.5. The van der Waals surface area contributed by atoms with Crippen LogP contribution in [-0.2, 0) is 28.4 Å². The highest BCUT2D eigenvalue weighted by Gasteiger charge is 2.13. The van der Waals surface area contributed by atoms with Crippen molar-refractivity contribution in [2.45, 2.75) is 0 Å². The average Bonchev–Trinajstić information content (AvgIpc) is 3.69. The fourth-order valence-corrected chi connectivity index (χ4v) is 5.27. The third-order valence-electron chi connectivity index (χ3n) is 8.10. The highest BCUT2D eigenvalue weighted by Crippen LogP contribution is 2.36. The molecule has 0 bridgehead atoms. The standard InChI is InChI=1S/C41H33N5O5/c1-42-39(41(48)49)26-36-20-18-31(44(36)3)12-6-29-8-14-33(15-9-29)46(35-22-24-38(50-5)25-23-35)34-16-10-30(11-17-34)7-13-32-19-21-37(45(32)4)27-40(43-2)51-28-47/h6-28H,3-5H3,(H,48,49)/b12-6+,13-7+,39-26-,40-27+. The molecule has 2 heterocycles. The smallest absolute Gasteiger partial charge is 0.349 e. The van der Waals surface area contributed by atoms with Gasteiger partial charge >= 0.3 is 11.9 Å². The fraction of sp³-hybridized carbons (Fsp3) is 0.0732. The van der Waals surface area contributed by atoms with Crippen molar-refractivity contribution >= 4 is 66.0 Å². The number of nitrogens with zero attached hydrogens (tertiary/aromatic N) is 5. The SMILES string of the molecule is [C-]#[N+]/C(=C\c1ccc(/C=C/c2ccc(N(c3ccc(/C=C/c4ccc(/C=C(\[N+]#[C-])OC=O)n4C)cc3)c3ccc(OC)cc3)cc2)n1C)C(=O)O. The molecule has 0 aliphatic heterocycles. The van der Waals surface area contributed by atoms with Gasteiger partial charge in [-0.1, -0.05) is 36.4 Å². The Kier molecular flexibility index (Phi) is 11.1. The summed E-state index contributed by atoms with van der Waals surface area (Å²) in [5, 5.41) is 9.20. The maximum Gasteiger partial charge on any atom is 0.349 e. The molecular weight excluding hydrogens is 642 g/mol. The van der Waals surface area contributed by atoms with Crippen molar-refractivity contribution in [3.8, 4) is 5.75 Å². The number of rotatable bonds is 13. The molecular formula is C41H33N5O5. The first-order valence-corrected chi connectivity index (χ1v) is 15.6. The van der Waals surface area contributed by atoms with Crippen LogP contribution in [0.1, 0.15) is 33.9 Å². The van der Waals surface area contributed by atoms with Crippen molar-refractivity contribution in [2.24, 2.45) is 14.1 Å². The number of ether oxygens (including phenoxy) is 2. The molecule has 0 aliphatic carbocycles. The first kappa shape index (κ1) is 35.0. The Labute approximate surface area is 296 Å². The van der Waals surface area contributed by atoms with E-state index in [9.17, 15) is 14.7 Å². The summed E-state index contributed by atoms with van der Waals surface area (Å²) in [4.78, 5) is 30.4. The zero-order chi connectivity index (χ0) is 36.3. The molecule has 51 heavy (non-hydrogen) atoms. The number of carbonyl (C=O) groups is 2. The number of carboxylic acid groups (broad SMARTS) is 1. The third kappa shape index (κ3) is 8.41. The summed E-state index contributed by atoms with van der Waals surface area (Å²) in [6.45, 7) is 14.5. The molecule has 10 nitrogen and oxygen atoms in total. The van der Waals surface area contributed by atoms with Gasteiger partial charge in [0.25, 0.3) is 12.2 Å². The lowest BCUT2D eigenvalue weighted by atomic mass is 10.1. The maximum absolute atomic E-state index is 11.3. The number of carboxylic acids is 1. The fourth-order valence-electron chi connectivity index (χ4n) is 5.27. The van der Waals surface area contributed by atoms with E-state index >= 15 is 0 Å². The van der Waals surface area contributed by atoms with Crippen LogP contribution >= 0.6 is 0 Å². The number of hydrogen-bond acceptors (Lipinski definition) is 5. The molecule has 3 aromatic carbocycles. The van der Waals surface area contributed by atoms with Gasteiger partial charge in [0.2, 0.25) is 0 Å². The predicted octanol–water partition coefficient (Wildman–Crippen LogP) is 8.92. The Balaban J connectivity index is 1.38. The molecule has 10 heteroatoms. The molecule has 0 fully saturated rings. The molecule has 0 unspecified atom stereocenters. The first-order valence-electron chi connectivity index (χ1n) is 15.6. The van der Waals surface area contributed by atoms with Gasteiger partial charge in [0.1, 0.15) is 5.75 Å². The summed E-state index contributed by atoms with van der Waals surface area (Å²) < 4.78 is 13.8. The van der Waals surface area contributed by atoms with E-state index in [-0.39, 0.29) is 18.1 Å². The number of methoxy groups -OCH3 is 1. The molecule has 0 radical (unpaired) electrons. The van der Waals surface area contributed by atoms with Crippen molar-refractivity contribution in [3.05, 3.63) is 165 Å². The minimum Gasteiger partial charge on any atom is -0.497 e. The van der Waals surface area contributed by atoms with Gasteiger partial charge in [0.05, 0.1) is 20.3 Å². The summed E-state index contributed by atoms with van der Waals surface area (Å²) in [7, 11) is 5.33. The molecule has 0 amide bonds. The van der Waals surface area contributed by atoms with Crippen molar-refractivity contribution in [1.82, 2.24) is 9.13 Å². The van der Waals surface area contributed by atoms with Crippen LogP contribution in [0.3, 0.4) is 0 Å². The zero-order valence-corrected chi connectivity index (χ0v) is 28.1. The van der Waals surface area contributed by atoms with Gasteiger partial charge in [-0.15, -0.1) is 0 Å². The van der Waals surface area contributed by atoms with E-state index in [0.29, 0.717) is 5.69 Å². The van der Waals surface area contributed by atoms with Crippen LogP contribution in [0.5, 0.6) is 5.75 Å². The van der Waals surface area contributed by atoms with Crippen LogP contribution in [0.2, 0.25) is 0 Å². The molecule has 0 atom stereocenters. The van der Waals surface area contributed by atoms with Crippen LogP contribution in [-0.4, -0.2) is 33.8 Å². The van der Waals surface area contributed by atoms with Crippen molar-refractivity contribution < 1.29 is 24.2 Å². The number of anilines is 3. The lowest BCUT2D eigenvalue weighted by Gasteiger charge is -2.26. The van der Waals surface area contributed by atoms with E-state index in [2.05, 4.69) is 26.7 Å². The van der Waals surface area contributed by atoms with Crippen LogP contribution in [0, 0.1) is 13.1 Å². The number of hydrogen-bond donors (Lipinski definition) is 1. The quantitative estimate of drug-likeness (QED) is 0.0580. The Hall–Kier alpha value is -7.30. The monoisotopic (exact) mass is 675 g/mol. The van der Waals surface area contributed by atoms with Crippen LogP contribution in [0.4, 0.5) is 17.1 Å². The zero-order valence-electron chi connectivity index (χ0n) is 28.1. The number of carbonyl (C=O) groups excluding carboxylic acids is 1. The molecule has 0 aliphatic rings. The molecule has 0 saturated carbocycles. The topological polar surface area (TPSA) is 94.7 Å². The van der Waals surface area contributed by atoms with Crippen LogP contribution in [0.15, 0.2) is 109 Å². The minimum atomic E-state index is -1.26. The van der Waals surface area contributed by atoms with Gasteiger partial charge in [0, 0.05) is 60.0 Å². The van der Waals surface area contributed by atoms with E-state index in [1.54, 1.807) is 13.2 Å². The Bertz CT molecular complexity index is 2240. The number of benzene rings is 3. The van der Waals surface area contributed by atoms with E-state index in [4.69, 9.17) is 22.6 Å². The third-order valence-corrected chi connectivity index (χ3v) is 8.10. The van der Waals surface area contributed by atoms with Gasteiger partial charge in [-0.05, 0) is 102 Å². The Morgan fingerprint density at radius 3 is 1.53 bits per heavy atom. The Morgan fingerprint density at radius 1 is 0.667 bits per heavy atom. The molecule has 0 saturated heterocycles. The van der Waals surface area contributed by atoms with Gasteiger partial charge < -0.3 is 28.6 Å². The van der Waals surface area contributed by atoms with Crippen LogP contribution < -0.4 is 9.64 Å². The molecule has 2 aromatic heterocycles. The highest BCUT2D eigenvalue weighted by molar-refractivity contribution is 5.94. The summed E-state index contributed by atoms with van der Waals surface area (Å²) in [6.07, 6.45) is 10.8. The summed E-state index contributed by atoms with van der Waals surface area (Å²) in [5.41, 5.74) is 7.60. The second-order valence-electron chi connectivity index (χ2n) is 11.1. The number of aromatic nitrogens is 2. The van der Waals surface area contributed by atoms with Gasteiger partial charge in [0.15, 0.2) is 0 Å². The van der Waals surface area contributed by atoms with E-state index in [0.717, 1.165) is 51.0 Å². The summed E-state index contributed by atoms with van der Waals surface area (Å²) >= 11 is 0. The van der Waals surface area contributed by atoms with Crippen LogP contribution in [0.25, 0.3) is 46.1 Å². The summed E-state index contributed by atoms with van der Waals surface area (Å²) in [6, 6.07) is 31.6. The van der Waals surface area contributed by atoms with Gasteiger partial charge in [-0.2, -0.15) is 4.85 Å². The van der Waals surface area contributed by atoms with E-state index in [1.807, 2.05) is 126 Å². The van der Waals surface area contributed by atoms with Crippen molar-refractivity contribution in [1.29, 1.82) is 0 Å². The predicted molar refractivity (Wildman–Crippen MR) is 200 cm³/mol. The summed E-state index contributed by atoms with van der Waals surface area (Å²) in [5.74, 6) is -0.598. The normalized spacial score (nSPS) is 11.7. The lowest BCUT2D eigenvalue weighted by molar-refractivity contribution is -0.132. The van der Waals surface area contributed by atoms with E-state index < -0.39 is 5.97 Å². The molecule has 5 rings (SSSR count). The minimum absolute atomic E-state index is 0.0999. The molecule has 1 N–H and O–H groups in total. The molecule has 252 valence electrons. The largest absolute Gasteiger partial charge is 0.497 e. The number of aliphatic carboxylic acids is 1. The lowest BCUT2D eigenvalue weighted by Crippen LogP contribution is -2.09. The first-order chi connectivity index (χ1) is 24.7. The van der Waals surface area contributed by atoms with Gasteiger partial charge in [-0.25, -0.2) is 4.85 Å². The second kappa shape index (κ2) is 16.2. The van der Waals surface area contributed by atoms with Gasteiger partial charge in [-0.3, -0.25) is 9.59 Å². The average molecular weight is 676 g/mol. The van der Waals surface area contributed by atoms with E-state index in [1.165, 1.54) is 12.2 Å². The second-order valence-corrected chi connectivity index (χ2v) is 11.1. The molecule has 5 aromatic rings. The van der Waals surface area contributed by atoms with Crippen molar-refractivity contribution in [2.75, 3.05) is 12.0 Å². The van der Waals surface area contributed by atoms with Crippen molar-refractivity contribution in [3.63, 3.8) is 0 Å². The Morgan fingerprint density at radius 2 is 1.12 bits per heavy atom. The maximum atomic E-state index is 11.3.